The zero-order valence-corrected chi connectivity index (χ0v) is 14.0. The second-order valence-corrected chi connectivity index (χ2v) is 6.06. The Morgan fingerprint density at radius 1 is 1.24 bits per heavy atom. The third-order valence-electron chi connectivity index (χ3n) is 5.05. The lowest BCUT2D eigenvalue weighted by atomic mass is 9.93. The molecular formula is C17H17N5O3. The van der Waals surface area contributed by atoms with E-state index in [1.807, 2.05) is 0 Å². The number of nitrogens with one attached hydrogen (secondary N) is 1. The van der Waals surface area contributed by atoms with Crippen molar-refractivity contribution < 1.29 is 14.3 Å². The first-order valence-corrected chi connectivity index (χ1v) is 7.55. The number of aliphatic imine (C=N–C) groups is 1. The van der Waals surface area contributed by atoms with Crippen LogP contribution in [0.3, 0.4) is 0 Å². The summed E-state index contributed by atoms with van der Waals surface area (Å²) in [5, 5.41) is 22.4. The zero-order valence-electron chi connectivity index (χ0n) is 14.0. The third kappa shape index (κ3) is 1.75. The number of nitrogens with two attached hydrogens (primary N) is 1. The summed E-state index contributed by atoms with van der Waals surface area (Å²) in [6.07, 6.45) is 0. The van der Waals surface area contributed by atoms with E-state index in [2.05, 4.69) is 22.4 Å². The van der Waals surface area contributed by atoms with E-state index in [0.29, 0.717) is 11.3 Å². The van der Waals surface area contributed by atoms with Crippen LogP contribution in [0.5, 0.6) is 0 Å². The quantitative estimate of drug-likeness (QED) is 0.788. The van der Waals surface area contributed by atoms with Crippen molar-refractivity contribution in [3.63, 3.8) is 0 Å². The molecule has 0 saturated heterocycles. The van der Waals surface area contributed by atoms with Gasteiger partial charge in [-0.25, -0.2) is 4.99 Å². The Balaban J connectivity index is 2.10. The maximum Gasteiger partial charge on any atom is 0.292 e. The highest BCUT2D eigenvalue weighted by Crippen LogP contribution is 2.81. The Hall–Kier alpha value is -2.94. The molecule has 128 valence electrons. The van der Waals surface area contributed by atoms with E-state index in [-0.39, 0.29) is 11.7 Å². The van der Waals surface area contributed by atoms with Gasteiger partial charge in [0.25, 0.3) is 5.91 Å². The normalized spacial score (nSPS) is 31.2. The fourth-order valence-corrected chi connectivity index (χ4v) is 3.98. The zero-order chi connectivity index (χ0) is 18.5. The maximum absolute atomic E-state index is 11.1. The number of nitrogens with zero attached hydrogens (tertiary/aromatic N) is 3. The van der Waals surface area contributed by atoms with Gasteiger partial charge in [0.15, 0.2) is 5.41 Å². The summed E-state index contributed by atoms with van der Waals surface area (Å²) < 4.78 is 10.8. The van der Waals surface area contributed by atoms with Gasteiger partial charge in [0.05, 0.1) is 12.1 Å². The molecule has 0 aromatic heterocycles. The Bertz CT molecular complexity index is 847. The number of anilines is 1. The Morgan fingerprint density at radius 3 is 2.28 bits per heavy atom. The average Bonchev–Trinajstić information content (AvgIpc) is 3.18. The number of amidine groups is 1. The maximum atomic E-state index is 11.1. The average molecular weight is 339 g/mol. The van der Waals surface area contributed by atoms with Gasteiger partial charge in [-0.05, 0) is 17.7 Å². The number of hydrogen-bond donors (Lipinski definition) is 2. The van der Waals surface area contributed by atoms with Crippen molar-refractivity contribution in [2.75, 3.05) is 19.5 Å². The standard InChI is InChI=1S/C17H17N5O3/c1-10(23)21-12-6-4-11(5-7-12)13-15(8-18)14(20)22-17(24-2,25-3)16(13,15)9-19/h4-7,13H,1-3H3,(H2,20,22)(H,21,23)/t13-,15-,16-/m0/s1. The smallest absolute Gasteiger partial charge is 0.292 e. The van der Waals surface area contributed by atoms with Crippen molar-refractivity contribution in [3.05, 3.63) is 29.8 Å². The summed E-state index contributed by atoms with van der Waals surface area (Å²) in [5.74, 6) is -2.36. The van der Waals surface area contributed by atoms with Crippen LogP contribution in [0.2, 0.25) is 0 Å². The summed E-state index contributed by atoms with van der Waals surface area (Å²) in [5.41, 5.74) is 4.67. The predicted octanol–water partition coefficient (Wildman–Crippen LogP) is 1.08. The van der Waals surface area contributed by atoms with Crippen molar-refractivity contribution in [1.82, 2.24) is 0 Å². The summed E-state index contributed by atoms with van der Waals surface area (Å²) >= 11 is 0. The molecule has 1 aliphatic heterocycles. The first-order chi connectivity index (χ1) is 11.9. The molecule has 1 saturated carbocycles. The van der Waals surface area contributed by atoms with Crippen LogP contribution in [0.15, 0.2) is 29.3 Å². The molecule has 1 heterocycles. The minimum Gasteiger partial charge on any atom is -0.386 e. The molecule has 2 aliphatic rings. The van der Waals surface area contributed by atoms with Crippen LogP contribution in [0.25, 0.3) is 0 Å². The number of nitriles is 2. The fraction of sp³-hybridized carbons (Fsp3) is 0.412. The van der Waals surface area contributed by atoms with Gasteiger partial charge >= 0.3 is 0 Å². The highest BCUT2D eigenvalue weighted by Gasteiger charge is 2.93. The number of benzene rings is 1. The van der Waals surface area contributed by atoms with Crippen molar-refractivity contribution >= 4 is 17.4 Å². The summed E-state index contributed by atoms with van der Waals surface area (Å²) in [7, 11) is 2.73. The number of ether oxygens (including phenoxy) is 2. The van der Waals surface area contributed by atoms with E-state index in [1.54, 1.807) is 24.3 Å². The van der Waals surface area contributed by atoms with Crippen LogP contribution < -0.4 is 11.1 Å². The van der Waals surface area contributed by atoms with Gasteiger partial charge in [-0.2, -0.15) is 10.5 Å². The number of rotatable bonds is 4. The second-order valence-electron chi connectivity index (χ2n) is 6.06. The van der Waals surface area contributed by atoms with Crippen LogP contribution in [-0.4, -0.2) is 31.9 Å². The third-order valence-corrected chi connectivity index (χ3v) is 5.05. The number of amides is 1. The van der Waals surface area contributed by atoms with Crippen molar-refractivity contribution in [2.45, 2.75) is 18.8 Å². The molecule has 1 fully saturated rings. The first kappa shape index (κ1) is 16.9. The summed E-state index contributed by atoms with van der Waals surface area (Å²) in [4.78, 5) is 15.3. The van der Waals surface area contributed by atoms with Crippen LogP contribution >= 0.6 is 0 Å². The van der Waals surface area contributed by atoms with Crippen molar-refractivity contribution in [3.8, 4) is 12.1 Å². The molecule has 0 bridgehead atoms. The highest BCUT2D eigenvalue weighted by molar-refractivity contribution is 6.00. The van der Waals surface area contributed by atoms with Crippen molar-refractivity contribution in [2.24, 2.45) is 21.6 Å². The summed E-state index contributed by atoms with van der Waals surface area (Å²) in [6, 6.07) is 11.3. The van der Waals surface area contributed by atoms with Crippen LogP contribution in [0.1, 0.15) is 18.4 Å². The van der Waals surface area contributed by atoms with Gasteiger partial charge < -0.3 is 20.5 Å². The predicted molar refractivity (Wildman–Crippen MR) is 88.0 cm³/mol. The molecule has 0 spiro atoms. The second kappa shape index (κ2) is 5.28. The molecule has 8 nitrogen and oxygen atoms in total. The van der Waals surface area contributed by atoms with Crippen LogP contribution in [-0.2, 0) is 14.3 Å². The molecule has 8 heteroatoms. The molecule has 0 radical (unpaired) electrons. The Labute approximate surface area is 144 Å². The summed E-state index contributed by atoms with van der Waals surface area (Å²) in [6.45, 7) is 1.41. The number of methoxy groups -OCH3 is 2. The first-order valence-electron chi connectivity index (χ1n) is 7.55. The molecular weight excluding hydrogens is 322 g/mol. The van der Waals surface area contributed by atoms with Gasteiger partial charge in [0, 0.05) is 32.7 Å². The van der Waals surface area contributed by atoms with Gasteiger partial charge in [0.1, 0.15) is 11.3 Å². The highest BCUT2D eigenvalue weighted by atomic mass is 16.7. The lowest BCUT2D eigenvalue weighted by Crippen LogP contribution is -2.41. The van der Waals surface area contributed by atoms with Gasteiger partial charge in [-0.15, -0.1) is 0 Å². The Morgan fingerprint density at radius 2 is 1.84 bits per heavy atom. The SMILES string of the molecule is COC1(OC)N=C(N)[C@]2(C#N)[C@H](c3ccc(NC(C)=O)cc3)[C@]12C#N. The largest absolute Gasteiger partial charge is 0.386 e. The lowest BCUT2D eigenvalue weighted by molar-refractivity contribution is -0.230. The fourth-order valence-electron chi connectivity index (χ4n) is 3.98. The molecule has 1 aliphatic carbocycles. The molecule has 1 aromatic rings. The van der Waals surface area contributed by atoms with E-state index < -0.39 is 22.7 Å². The number of carbonyl (C=O) groups is 1. The van der Waals surface area contributed by atoms with E-state index in [9.17, 15) is 15.3 Å². The molecule has 3 atom stereocenters. The molecule has 3 N–H and O–H groups in total. The minimum atomic E-state index is -1.64. The van der Waals surface area contributed by atoms with E-state index in [0.717, 1.165) is 0 Å². The van der Waals surface area contributed by atoms with E-state index in [4.69, 9.17) is 15.2 Å². The minimum absolute atomic E-state index is 0.0242. The van der Waals surface area contributed by atoms with E-state index in [1.165, 1.54) is 21.1 Å². The van der Waals surface area contributed by atoms with Gasteiger partial charge in [0.2, 0.25) is 5.91 Å². The monoisotopic (exact) mass is 339 g/mol. The Kier molecular flexibility index (Phi) is 3.57. The number of carbonyl (C=O) groups excluding carboxylic acids is 1. The number of hydrogen-bond acceptors (Lipinski definition) is 7. The molecule has 25 heavy (non-hydrogen) atoms. The van der Waals surface area contributed by atoms with Gasteiger partial charge in [-0.3, -0.25) is 4.79 Å². The van der Waals surface area contributed by atoms with Crippen LogP contribution in [0, 0.1) is 33.5 Å². The van der Waals surface area contributed by atoms with E-state index >= 15 is 0 Å². The topological polar surface area (TPSA) is 134 Å². The molecule has 3 rings (SSSR count). The van der Waals surface area contributed by atoms with Crippen molar-refractivity contribution in [1.29, 1.82) is 10.5 Å². The molecule has 1 amide bonds. The number of fused-ring (bicyclic) bond motifs is 1. The molecule has 0 unspecified atom stereocenters. The lowest BCUT2D eigenvalue weighted by Gasteiger charge is -2.29. The molecule has 1 aromatic carbocycles. The van der Waals surface area contributed by atoms with Crippen LogP contribution in [0.4, 0.5) is 5.69 Å². The van der Waals surface area contributed by atoms with Gasteiger partial charge in [-0.1, -0.05) is 12.1 Å².